The molecule has 1 aliphatic carbocycles. The fourth-order valence-corrected chi connectivity index (χ4v) is 4.24. The van der Waals surface area contributed by atoms with Gasteiger partial charge in [0.25, 0.3) is 0 Å². The van der Waals surface area contributed by atoms with Gasteiger partial charge in [0.1, 0.15) is 5.76 Å². The Hall–Kier alpha value is -0.800. The van der Waals surface area contributed by atoms with E-state index in [-0.39, 0.29) is 0 Å². The molecule has 0 bridgehead atoms. The number of nitrogens with zero attached hydrogens (tertiary/aromatic N) is 1. The fraction of sp³-hybridized carbons (Fsp3) is 0.765. The van der Waals surface area contributed by atoms with E-state index in [1.54, 1.807) is 0 Å². The molecule has 3 heteroatoms. The Labute approximate surface area is 122 Å². The van der Waals surface area contributed by atoms with Crippen LogP contribution in [-0.2, 0) is 0 Å². The van der Waals surface area contributed by atoms with Gasteiger partial charge in [-0.25, -0.2) is 0 Å². The summed E-state index contributed by atoms with van der Waals surface area (Å²) in [6.45, 7) is 5.85. The molecule has 20 heavy (non-hydrogen) atoms. The molecular formula is C17H28N2O. The number of likely N-dealkylation sites (tertiary alicyclic amines) is 1. The summed E-state index contributed by atoms with van der Waals surface area (Å²) in [6, 6.07) is 4.55. The Morgan fingerprint density at radius 3 is 2.60 bits per heavy atom. The summed E-state index contributed by atoms with van der Waals surface area (Å²) in [4.78, 5) is 2.76. The first-order chi connectivity index (χ1) is 9.87. The molecule has 1 unspecified atom stereocenters. The van der Waals surface area contributed by atoms with Crippen molar-refractivity contribution in [3.63, 3.8) is 0 Å². The monoisotopic (exact) mass is 276 g/mol. The van der Waals surface area contributed by atoms with Crippen LogP contribution >= 0.6 is 0 Å². The minimum Gasteiger partial charge on any atom is -0.468 e. The Balaban J connectivity index is 1.88. The van der Waals surface area contributed by atoms with Gasteiger partial charge in [0, 0.05) is 5.54 Å². The van der Waals surface area contributed by atoms with E-state index in [4.69, 9.17) is 4.42 Å². The minimum atomic E-state index is 0.295. The number of rotatable bonds is 6. The van der Waals surface area contributed by atoms with Crippen molar-refractivity contribution in [2.75, 3.05) is 19.6 Å². The molecule has 0 radical (unpaired) electrons. The lowest BCUT2D eigenvalue weighted by molar-refractivity contribution is 0.0672. The first-order valence-electron chi connectivity index (χ1n) is 8.39. The van der Waals surface area contributed by atoms with E-state index in [1.807, 2.05) is 12.3 Å². The van der Waals surface area contributed by atoms with Crippen molar-refractivity contribution in [2.45, 2.75) is 63.5 Å². The van der Waals surface area contributed by atoms with Gasteiger partial charge < -0.3 is 9.73 Å². The molecule has 2 aliphatic rings. The Kier molecular flexibility index (Phi) is 4.47. The first-order valence-corrected chi connectivity index (χ1v) is 8.39. The van der Waals surface area contributed by atoms with Gasteiger partial charge in [-0.3, -0.25) is 4.90 Å². The Bertz CT molecular complexity index is 389. The summed E-state index contributed by atoms with van der Waals surface area (Å²) in [5.74, 6) is 1.13. The zero-order valence-corrected chi connectivity index (χ0v) is 12.7. The van der Waals surface area contributed by atoms with E-state index >= 15 is 0 Å². The summed E-state index contributed by atoms with van der Waals surface area (Å²) in [7, 11) is 0. The highest BCUT2D eigenvalue weighted by atomic mass is 16.3. The normalized spacial score (nSPS) is 24.2. The summed E-state index contributed by atoms with van der Waals surface area (Å²) in [5.41, 5.74) is 0.295. The molecule has 2 heterocycles. The second-order valence-electron chi connectivity index (χ2n) is 6.41. The molecule has 1 aliphatic heterocycles. The van der Waals surface area contributed by atoms with Crippen LogP contribution in [0.4, 0.5) is 0 Å². The predicted molar refractivity (Wildman–Crippen MR) is 81.7 cm³/mol. The van der Waals surface area contributed by atoms with Gasteiger partial charge in [-0.2, -0.15) is 0 Å². The van der Waals surface area contributed by atoms with Crippen molar-refractivity contribution in [3.8, 4) is 0 Å². The summed E-state index contributed by atoms with van der Waals surface area (Å²) in [6.07, 6.45) is 11.1. The van der Waals surface area contributed by atoms with Crippen LogP contribution in [-0.4, -0.2) is 30.1 Å². The number of nitrogens with one attached hydrogen (secondary N) is 1. The fourth-order valence-electron chi connectivity index (χ4n) is 4.24. The molecule has 1 aromatic rings. The highest BCUT2D eigenvalue weighted by Crippen LogP contribution is 2.46. The molecule has 0 amide bonds. The van der Waals surface area contributed by atoms with E-state index < -0.39 is 0 Å². The van der Waals surface area contributed by atoms with Gasteiger partial charge in [-0.1, -0.05) is 19.8 Å². The third kappa shape index (κ3) is 2.53. The van der Waals surface area contributed by atoms with E-state index in [0.717, 1.165) is 12.3 Å². The average Bonchev–Trinajstić information content (AvgIpc) is 3.22. The molecule has 3 rings (SSSR count). The van der Waals surface area contributed by atoms with Gasteiger partial charge in [-0.05, 0) is 63.9 Å². The highest BCUT2D eigenvalue weighted by molar-refractivity contribution is 5.16. The molecule has 3 nitrogen and oxygen atoms in total. The predicted octanol–water partition coefficient (Wildman–Crippen LogP) is 3.73. The summed E-state index contributed by atoms with van der Waals surface area (Å²) >= 11 is 0. The maximum atomic E-state index is 5.80. The Morgan fingerprint density at radius 2 is 2.00 bits per heavy atom. The molecule has 112 valence electrons. The van der Waals surface area contributed by atoms with Gasteiger partial charge in [-0.15, -0.1) is 0 Å². The lowest BCUT2D eigenvalue weighted by Gasteiger charge is -2.44. The number of hydrogen-bond acceptors (Lipinski definition) is 3. The first kappa shape index (κ1) is 14.2. The molecule has 1 atom stereocenters. The smallest absolute Gasteiger partial charge is 0.122 e. The maximum Gasteiger partial charge on any atom is 0.122 e. The Morgan fingerprint density at radius 1 is 1.25 bits per heavy atom. The van der Waals surface area contributed by atoms with E-state index in [9.17, 15) is 0 Å². The van der Waals surface area contributed by atoms with Gasteiger partial charge >= 0.3 is 0 Å². The van der Waals surface area contributed by atoms with Crippen LogP contribution in [0.25, 0.3) is 0 Å². The lowest BCUT2D eigenvalue weighted by Crippen LogP contribution is -2.54. The van der Waals surface area contributed by atoms with Gasteiger partial charge in [0.15, 0.2) is 0 Å². The molecule has 1 aromatic heterocycles. The zero-order valence-electron chi connectivity index (χ0n) is 12.7. The van der Waals surface area contributed by atoms with Crippen molar-refractivity contribution in [3.05, 3.63) is 24.2 Å². The van der Waals surface area contributed by atoms with Crippen molar-refractivity contribution in [1.29, 1.82) is 0 Å². The minimum absolute atomic E-state index is 0.295. The highest BCUT2D eigenvalue weighted by Gasteiger charge is 2.48. The van der Waals surface area contributed by atoms with Crippen LogP contribution in [0.5, 0.6) is 0 Å². The lowest BCUT2D eigenvalue weighted by atomic mass is 9.84. The van der Waals surface area contributed by atoms with Crippen LogP contribution in [0.2, 0.25) is 0 Å². The molecule has 1 N–H and O–H groups in total. The summed E-state index contributed by atoms with van der Waals surface area (Å²) < 4.78 is 5.80. The van der Waals surface area contributed by atoms with E-state index in [0.29, 0.717) is 11.6 Å². The SMILES string of the molecule is CCCNC(c1ccco1)C1(N2CCCC2)CCCC1. The van der Waals surface area contributed by atoms with E-state index in [1.165, 1.54) is 58.0 Å². The van der Waals surface area contributed by atoms with Crippen LogP contribution in [0.15, 0.2) is 22.8 Å². The topological polar surface area (TPSA) is 28.4 Å². The van der Waals surface area contributed by atoms with Crippen molar-refractivity contribution >= 4 is 0 Å². The van der Waals surface area contributed by atoms with Crippen LogP contribution in [0.1, 0.15) is 63.7 Å². The van der Waals surface area contributed by atoms with Crippen LogP contribution in [0, 0.1) is 0 Å². The van der Waals surface area contributed by atoms with Gasteiger partial charge in [0.2, 0.25) is 0 Å². The third-order valence-corrected chi connectivity index (χ3v) is 5.17. The molecule has 1 saturated carbocycles. The van der Waals surface area contributed by atoms with Crippen molar-refractivity contribution in [2.24, 2.45) is 0 Å². The van der Waals surface area contributed by atoms with Crippen LogP contribution in [0.3, 0.4) is 0 Å². The maximum absolute atomic E-state index is 5.80. The standard InChI is InChI=1S/C17H28N2O/c1-2-11-18-16(15-8-7-14-20-15)17(9-3-4-10-17)19-12-5-6-13-19/h7-8,14,16,18H,2-6,9-13H2,1H3. The number of hydrogen-bond donors (Lipinski definition) is 1. The summed E-state index contributed by atoms with van der Waals surface area (Å²) in [5, 5.41) is 3.80. The number of furan rings is 1. The third-order valence-electron chi connectivity index (χ3n) is 5.17. The van der Waals surface area contributed by atoms with Gasteiger partial charge in [0.05, 0.1) is 12.3 Å². The molecule has 0 aromatic carbocycles. The van der Waals surface area contributed by atoms with Crippen molar-refractivity contribution < 1.29 is 4.42 Å². The van der Waals surface area contributed by atoms with Crippen LogP contribution < -0.4 is 5.32 Å². The molecule has 1 saturated heterocycles. The zero-order chi connectivity index (χ0) is 13.8. The molecular weight excluding hydrogens is 248 g/mol. The molecule has 2 fully saturated rings. The largest absolute Gasteiger partial charge is 0.468 e. The second-order valence-corrected chi connectivity index (χ2v) is 6.41. The average molecular weight is 276 g/mol. The quantitative estimate of drug-likeness (QED) is 0.858. The molecule has 0 spiro atoms. The van der Waals surface area contributed by atoms with E-state index in [2.05, 4.69) is 23.2 Å². The van der Waals surface area contributed by atoms with Crippen molar-refractivity contribution in [1.82, 2.24) is 10.2 Å². The second kappa shape index (κ2) is 6.31.